The van der Waals surface area contributed by atoms with Crippen molar-refractivity contribution in [2.75, 3.05) is 18.0 Å². The Morgan fingerprint density at radius 2 is 2.16 bits per heavy atom. The van der Waals surface area contributed by atoms with Crippen molar-refractivity contribution in [2.24, 2.45) is 5.92 Å². The van der Waals surface area contributed by atoms with E-state index in [2.05, 4.69) is 17.9 Å². The Morgan fingerprint density at radius 1 is 1.42 bits per heavy atom. The summed E-state index contributed by atoms with van der Waals surface area (Å²) in [7, 11) is 0. The summed E-state index contributed by atoms with van der Waals surface area (Å²) < 4.78 is 1.07. The molecule has 0 amide bonds. The lowest BCUT2D eigenvalue weighted by Crippen LogP contribution is -2.33. The summed E-state index contributed by atoms with van der Waals surface area (Å²) in [5.74, 6) is 0.205. The van der Waals surface area contributed by atoms with E-state index in [4.69, 9.17) is 21.8 Å². The Bertz CT molecular complexity index is 611. The minimum Gasteiger partial charge on any atom is -0.348 e. The fraction of sp³-hybridized carbons (Fsp3) is 0.429. The van der Waals surface area contributed by atoms with E-state index < -0.39 is 0 Å². The third kappa shape index (κ3) is 2.29. The summed E-state index contributed by atoms with van der Waals surface area (Å²) in [6.45, 7) is 3.88. The number of fused-ring (bicyclic) bond motifs is 1. The van der Waals surface area contributed by atoms with Gasteiger partial charge in [0.15, 0.2) is 5.13 Å². The van der Waals surface area contributed by atoms with E-state index in [1.54, 1.807) is 11.3 Å². The first-order chi connectivity index (χ1) is 9.19. The molecule has 0 spiro atoms. The van der Waals surface area contributed by atoms with Crippen molar-refractivity contribution in [2.45, 2.75) is 19.8 Å². The molecule has 0 saturated carbocycles. The van der Waals surface area contributed by atoms with Gasteiger partial charge in [-0.05, 0) is 31.4 Å². The molecule has 2 aromatic rings. The third-order valence-electron chi connectivity index (χ3n) is 3.63. The van der Waals surface area contributed by atoms with Crippen LogP contribution < -0.4 is 4.90 Å². The van der Waals surface area contributed by atoms with Gasteiger partial charge in [0.25, 0.3) is 0 Å². The van der Waals surface area contributed by atoms with Gasteiger partial charge in [-0.2, -0.15) is 5.26 Å². The van der Waals surface area contributed by atoms with Gasteiger partial charge in [-0.1, -0.05) is 29.0 Å². The zero-order valence-corrected chi connectivity index (χ0v) is 12.3. The average Bonchev–Trinajstić information content (AvgIpc) is 2.89. The third-order valence-corrected chi connectivity index (χ3v) is 5.21. The first-order valence-electron chi connectivity index (χ1n) is 6.39. The fourth-order valence-corrected chi connectivity index (χ4v) is 3.79. The average molecular weight is 292 g/mol. The first-order valence-corrected chi connectivity index (χ1v) is 7.58. The number of halogens is 1. The van der Waals surface area contributed by atoms with Crippen LogP contribution >= 0.6 is 22.9 Å². The first kappa shape index (κ1) is 12.7. The van der Waals surface area contributed by atoms with Crippen LogP contribution in [0.4, 0.5) is 5.13 Å². The number of benzene rings is 1. The number of rotatable bonds is 1. The smallest absolute Gasteiger partial charge is 0.186 e. The number of nitriles is 1. The van der Waals surface area contributed by atoms with E-state index in [0.717, 1.165) is 51.9 Å². The van der Waals surface area contributed by atoms with Crippen molar-refractivity contribution in [3.63, 3.8) is 0 Å². The summed E-state index contributed by atoms with van der Waals surface area (Å²) in [6, 6.07) is 6.30. The monoisotopic (exact) mass is 291 g/mol. The number of hydrogen-bond acceptors (Lipinski definition) is 4. The zero-order valence-electron chi connectivity index (χ0n) is 10.7. The van der Waals surface area contributed by atoms with Crippen molar-refractivity contribution in [1.82, 2.24) is 4.98 Å². The second-order valence-corrected chi connectivity index (χ2v) is 6.31. The predicted octanol–water partition coefficient (Wildman–Crippen LogP) is 4.00. The van der Waals surface area contributed by atoms with E-state index in [0.29, 0.717) is 0 Å². The maximum Gasteiger partial charge on any atom is 0.186 e. The van der Waals surface area contributed by atoms with Gasteiger partial charge in [-0.15, -0.1) is 0 Å². The molecule has 98 valence electrons. The summed E-state index contributed by atoms with van der Waals surface area (Å²) in [5, 5.41) is 10.7. The standard InChI is InChI=1S/C14H14ClN3S/c1-9-2-3-11(15)13-12(9)17-14(19-13)18-6-4-10(8-16)5-7-18/h2-3,10H,4-7H2,1H3. The lowest BCUT2D eigenvalue weighted by Gasteiger charge is -2.28. The van der Waals surface area contributed by atoms with Gasteiger partial charge < -0.3 is 4.90 Å². The van der Waals surface area contributed by atoms with Crippen LogP contribution in [0.3, 0.4) is 0 Å². The van der Waals surface area contributed by atoms with Crippen LogP contribution in [-0.2, 0) is 0 Å². The number of anilines is 1. The molecule has 3 rings (SSSR count). The van der Waals surface area contributed by atoms with Gasteiger partial charge in [0, 0.05) is 19.0 Å². The number of aromatic nitrogens is 1. The zero-order chi connectivity index (χ0) is 13.4. The maximum absolute atomic E-state index is 8.94. The van der Waals surface area contributed by atoms with E-state index >= 15 is 0 Å². The van der Waals surface area contributed by atoms with Crippen LogP contribution in [-0.4, -0.2) is 18.1 Å². The molecule has 1 aromatic carbocycles. The van der Waals surface area contributed by atoms with Crippen molar-refractivity contribution in [1.29, 1.82) is 5.26 Å². The Kier molecular flexibility index (Phi) is 3.34. The molecule has 2 heterocycles. The predicted molar refractivity (Wildman–Crippen MR) is 79.9 cm³/mol. The molecule has 1 aliphatic rings. The topological polar surface area (TPSA) is 39.9 Å². The Labute approximate surface area is 121 Å². The van der Waals surface area contributed by atoms with E-state index in [1.807, 2.05) is 12.1 Å². The Balaban J connectivity index is 1.93. The van der Waals surface area contributed by atoms with E-state index in [-0.39, 0.29) is 5.92 Å². The number of hydrogen-bond donors (Lipinski definition) is 0. The van der Waals surface area contributed by atoms with Crippen LogP contribution in [0.15, 0.2) is 12.1 Å². The Hall–Kier alpha value is -1.31. The molecule has 1 saturated heterocycles. The Morgan fingerprint density at radius 3 is 2.79 bits per heavy atom. The summed E-state index contributed by atoms with van der Waals surface area (Å²) in [5.41, 5.74) is 2.17. The number of aryl methyl sites for hydroxylation is 1. The number of thiazole rings is 1. The molecule has 19 heavy (non-hydrogen) atoms. The van der Waals surface area contributed by atoms with Gasteiger partial charge in [-0.3, -0.25) is 0 Å². The molecule has 1 aromatic heterocycles. The van der Waals surface area contributed by atoms with Crippen molar-refractivity contribution in [3.8, 4) is 6.07 Å². The summed E-state index contributed by atoms with van der Waals surface area (Å²) in [6.07, 6.45) is 1.86. The summed E-state index contributed by atoms with van der Waals surface area (Å²) in [4.78, 5) is 7.00. The van der Waals surface area contributed by atoms with Crippen LogP contribution in [0.5, 0.6) is 0 Å². The van der Waals surface area contributed by atoms with E-state index in [1.165, 1.54) is 0 Å². The van der Waals surface area contributed by atoms with E-state index in [9.17, 15) is 0 Å². The van der Waals surface area contributed by atoms with Gasteiger partial charge >= 0.3 is 0 Å². The van der Waals surface area contributed by atoms with Gasteiger partial charge in [0.05, 0.1) is 21.3 Å². The van der Waals surface area contributed by atoms with Crippen molar-refractivity contribution >= 4 is 38.3 Å². The molecule has 0 radical (unpaired) electrons. The SMILES string of the molecule is Cc1ccc(Cl)c2sc(N3CCC(C#N)CC3)nc12. The normalized spacial score (nSPS) is 16.8. The summed E-state index contributed by atoms with van der Waals surface area (Å²) >= 11 is 7.89. The largest absolute Gasteiger partial charge is 0.348 e. The van der Waals surface area contributed by atoms with Crippen LogP contribution in [0.2, 0.25) is 5.02 Å². The molecule has 0 aliphatic carbocycles. The molecular formula is C14H14ClN3S. The highest BCUT2D eigenvalue weighted by molar-refractivity contribution is 7.22. The minimum atomic E-state index is 0.205. The quantitative estimate of drug-likeness (QED) is 0.797. The van der Waals surface area contributed by atoms with Gasteiger partial charge in [0.1, 0.15) is 0 Å². The minimum absolute atomic E-state index is 0.205. The molecule has 3 nitrogen and oxygen atoms in total. The molecule has 5 heteroatoms. The fourth-order valence-electron chi connectivity index (χ4n) is 2.43. The molecule has 0 bridgehead atoms. The van der Waals surface area contributed by atoms with Crippen LogP contribution in [0.1, 0.15) is 18.4 Å². The van der Waals surface area contributed by atoms with Crippen molar-refractivity contribution < 1.29 is 0 Å². The van der Waals surface area contributed by atoms with Gasteiger partial charge in [-0.25, -0.2) is 4.98 Å². The molecule has 0 atom stereocenters. The highest BCUT2D eigenvalue weighted by Gasteiger charge is 2.22. The lowest BCUT2D eigenvalue weighted by molar-refractivity contribution is 0.487. The highest BCUT2D eigenvalue weighted by Crippen LogP contribution is 2.36. The second-order valence-electron chi connectivity index (χ2n) is 4.93. The molecule has 0 N–H and O–H groups in total. The van der Waals surface area contributed by atoms with Gasteiger partial charge in [0.2, 0.25) is 0 Å². The number of piperidine rings is 1. The van der Waals surface area contributed by atoms with Crippen molar-refractivity contribution in [3.05, 3.63) is 22.7 Å². The number of nitrogens with zero attached hydrogens (tertiary/aromatic N) is 3. The maximum atomic E-state index is 8.94. The second kappa shape index (κ2) is 4.99. The lowest BCUT2D eigenvalue weighted by atomic mass is 9.99. The van der Waals surface area contributed by atoms with Crippen LogP contribution in [0, 0.1) is 24.2 Å². The molecule has 1 aliphatic heterocycles. The highest BCUT2D eigenvalue weighted by atomic mass is 35.5. The molecule has 1 fully saturated rings. The molecular weight excluding hydrogens is 278 g/mol. The van der Waals surface area contributed by atoms with Crippen LogP contribution in [0.25, 0.3) is 10.2 Å². The molecule has 0 unspecified atom stereocenters.